The van der Waals surface area contributed by atoms with Gasteiger partial charge in [0, 0.05) is 36.3 Å². The molecule has 1 fully saturated rings. The number of nitrogens with zero attached hydrogens (tertiary/aromatic N) is 3. The van der Waals surface area contributed by atoms with Crippen molar-refractivity contribution in [3.8, 4) is 0 Å². The lowest BCUT2D eigenvalue weighted by atomic mass is 9.95. The number of carbonyl (C=O) groups excluding carboxylic acids is 1. The molecule has 5 nitrogen and oxygen atoms in total. The van der Waals surface area contributed by atoms with Gasteiger partial charge in [0.1, 0.15) is 5.82 Å². The lowest BCUT2D eigenvalue weighted by Gasteiger charge is -2.19. The van der Waals surface area contributed by atoms with E-state index < -0.39 is 0 Å². The van der Waals surface area contributed by atoms with E-state index in [2.05, 4.69) is 36.0 Å². The maximum Gasteiger partial charge on any atom is 0.234 e. The number of carbonyl (C=O) groups is 1. The maximum absolute atomic E-state index is 12.4. The number of rotatable bonds is 3. The Bertz CT molecular complexity index is 586. The van der Waals surface area contributed by atoms with Crippen molar-refractivity contribution >= 4 is 5.91 Å². The molecule has 1 N–H and O–H groups in total. The van der Waals surface area contributed by atoms with Crippen molar-refractivity contribution < 1.29 is 4.79 Å². The van der Waals surface area contributed by atoms with Crippen molar-refractivity contribution in [2.45, 2.75) is 83.8 Å². The van der Waals surface area contributed by atoms with E-state index in [-0.39, 0.29) is 11.3 Å². The van der Waals surface area contributed by atoms with E-state index in [1.807, 2.05) is 6.20 Å². The summed E-state index contributed by atoms with van der Waals surface area (Å²) < 4.78 is 0. The topological polar surface area (TPSA) is 58.1 Å². The molecule has 132 valence electrons. The zero-order chi connectivity index (χ0) is 17.2. The summed E-state index contributed by atoms with van der Waals surface area (Å²) >= 11 is 0. The molecular weight excluding hydrogens is 300 g/mol. The number of aromatic nitrogens is 2. The molecule has 1 aromatic heterocycles. The quantitative estimate of drug-likeness (QED) is 0.866. The van der Waals surface area contributed by atoms with Crippen molar-refractivity contribution in [1.82, 2.24) is 20.2 Å². The fraction of sp³-hybridized carbons (Fsp3) is 0.737. The SMILES string of the molecule is CC(C)(C)c1ncc2c(n1)CN(CC(=O)NC1CCCCCC1)C2. The molecule has 24 heavy (non-hydrogen) atoms. The van der Waals surface area contributed by atoms with Gasteiger partial charge in [0.15, 0.2) is 0 Å². The van der Waals surface area contributed by atoms with Gasteiger partial charge in [-0.2, -0.15) is 0 Å². The summed E-state index contributed by atoms with van der Waals surface area (Å²) in [6, 6.07) is 0.372. The van der Waals surface area contributed by atoms with Crippen LogP contribution in [0, 0.1) is 0 Å². The van der Waals surface area contributed by atoms with Gasteiger partial charge in [-0.15, -0.1) is 0 Å². The third-order valence-corrected chi connectivity index (χ3v) is 4.98. The van der Waals surface area contributed by atoms with Gasteiger partial charge in [-0.3, -0.25) is 9.69 Å². The lowest BCUT2D eigenvalue weighted by Crippen LogP contribution is -2.40. The molecule has 0 radical (unpaired) electrons. The number of fused-ring (bicyclic) bond motifs is 1. The molecule has 0 aromatic carbocycles. The van der Waals surface area contributed by atoms with Gasteiger partial charge in [0.05, 0.1) is 12.2 Å². The van der Waals surface area contributed by atoms with Crippen LogP contribution < -0.4 is 5.32 Å². The predicted molar refractivity (Wildman–Crippen MR) is 94.5 cm³/mol. The molecule has 2 aliphatic rings. The normalized spacial score (nSPS) is 19.8. The van der Waals surface area contributed by atoms with Crippen molar-refractivity contribution in [3.63, 3.8) is 0 Å². The summed E-state index contributed by atoms with van der Waals surface area (Å²) in [5, 5.41) is 3.23. The molecule has 1 aliphatic carbocycles. The van der Waals surface area contributed by atoms with E-state index in [0.29, 0.717) is 12.6 Å². The zero-order valence-corrected chi connectivity index (χ0v) is 15.3. The average Bonchev–Trinajstić information content (AvgIpc) is 2.72. The molecule has 0 bridgehead atoms. The van der Waals surface area contributed by atoms with Gasteiger partial charge in [0.25, 0.3) is 0 Å². The molecule has 0 spiro atoms. The highest BCUT2D eigenvalue weighted by atomic mass is 16.2. The second-order valence-electron chi connectivity index (χ2n) is 8.32. The number of amides is 1. The summed E-state index contributed by atoms with van der Waals surface area (Å²) in [5.41, 5.74) is 2.20. The Morgan fingerprint density at radius 2 is 1.92 bits per heavy atom. The molecule has 0 saturated heterocycles. The van der Waals surface area contributed by atoms with Crippen LogP contribution in [-0.2, 0) is 23.3 Å². The van der Waals surface area contributed by atoms with Crippen LogP contribution >= 0.6 is 0 Å². The summed E-state index contributed by atoms with van der Waals surface area (Å²) in [6.45, 7) is 8.36. The van der Waals surface area contributed by atoms with E-state index in [1.165, 1.54) is 25.7 Å². The molecule has 1 amide bonds. The molecule has 1 saturated carbocycles. The van der Waals surface area contributed by atoms with Crippen molar-refractivity contribution in [1.29, 1.82) is 0 Å². The zero-order valence-electron chi connectivity index (χ0n) is 15.3. The summed E-state index contributed by atoms with van der Waals surface area (Å²) in [6.07, 6.45) is 9.30. The highest BCUT2D eigenvalue weighted by molar-refractivity contribution is 5.78. The lowest BCUT2D eigenvalue weighted by molar-refractivity contribution is -0.123. The van der Waals surface area contributed by atoms with E-state index in [1.54, 1.807) is 0 Å². The molecule has 0 unspecified atom stereocenters. The molecule has 2 heterocycles. The van der Waals surface area contributed by atoms with Gasteiger partial charge in [-0.05, 0) is 12.8 Å². The third kappa shape index (κ3) is 4.32. The Hall–Kier alpha value is -1.49. The molecule has 3 rings (SSSR count). The van der Waals surface area contributed by atoms with Crippen molar-refractivity contribution in [3.05, 3.63) is 23.3 Å². The molecule has 5 heteroatoms. The van der Waals surface area contributed by atoms with Crippen LogP contribution in [0.3, 0.4) is 0 Å². The van der Waals surface area contributed by atoms with E-state index in [0.717, 1.165) is 43.0 Å². The maximum atomic E-state index is 12.4. The smallest absolute Gasteiger partial charge is 0.234 e. The van der Waals surface area contributed by atoms with Crippen LogP contribution in [0.5, 0.6) is 0 Å². The Balaban J connectivity index is 1.54. The largest absolute Gasteiger partial charge is 0.352 e. The van der Waals surface area contributed by atoms with Crippen LogP contribution in [0.1, 0.15) is 76.4 Å². The monoisotopic (exact) mass is 330 g/mol. The van der Waals surface area contributed by atoms with Gasteiger partial charge in [-0.25, -0.2) is 9.97 Å². The van der Waals surface area contributed by atoms with Crippen LogP contribution in [0.2, 0.25) is 0 Å². The minimum Gasteiger partial charge on any atom is -0.352 e. The second kappa shape index (κ2) is 7.18. The number of hydrogen-bond donors (Lipinski definition) is 1. The van der Waals surface area contributed by atoms with Crippen molar-refractivity contribution in [2.75, 3.05) is 6.54 Å². The summed E-state index contributed by atoms with van der Waals surface area (Å²) in [4.78, 5) is 23.8. The van der Waals surface area contributed by atoms with Gasteiger partial charge in [-0.1, -0.05) is 46.5 Å². The van der Waals surface area contributed by atoms with Crippen LogP contribution in [0.25, 0.3) is 0 Å². The Kier molecular flexibility index (Phi) is 5.18. The third-order valence-electron chi connectivity index (χ3n) is 4.98. The summed E-state index contributed by atoms with van der Waals surface area (Å²) in [7, 11) is 0. The molecular formula is C19H30N4O. The first-order valence-electron chi connectivity index (χ1n) is 9.29. The standard InChI is InChI=1S/C19H30N4O/c1-19(2,3)18-20-10-14-11-23(12-16(14)22-18)13-17(24)21-15-8-6-4-5-7-9-15/h10,15H,4-9,11-13H2,1-3H3,(H,21,24). The molecule has 0 atom stereocenters. The van der Waals surface area contributed by atoms with E-state index >= 15 is 0 Å². The second-order valence-corrected chi connectivity index (χ2v) is 8.32. The fourth-order valence-corrected chi connectivity index (χ4v) is 3.59. The van der Waals surface area contributed by atoms with Crippen LogP contribution in [0.15, 0.2) is 6.20 Å². The number of nitrogens with one attached hydrogen (secondary N) is 1. The Labute approximate surface area is 145 Å². The molecule has 1 aliphatic heterocycles. The van der Waals surface area contributed by atoms with Crippen molar-refractivity contribution in [2.24, 2.45) is 0 Å². The van der Waals surface area contributed by atoms with Crippen LogP contribution in [0.4, 0.5) is 0 Å². The van der Waals surface area contributed by atoms with Gasteiger partial charge < -0.3 is 5.32 Å². The highest BCUT2D eigenvalue weighted by Gasteiger charge is 2.26. The first-order valence-corrected chi connectivity index (χ1v) is 9.29. The fourth-order valence-electron chi connectivity index (χ4n) is 3.59. The first kappa shape index (κ1) is 17.3. The Morgan fingerprint density at radius 1 is 1.21 bits per heavy atom. The van der Waals surface area contributed by atoms with Gasteiger partial charge >= 0.3 is 0 Å². The molecule has 1 aromatic rings. The van der Waals surface area contributed by atoms with Crippen LogP contribution in [-0.4, -0.2) is 33.4 Å². The van der Waals surface area contributed by atoms with E-state index in [4.69, 9.17) is 4.98 Å². The minimum atomic E-state index is -0.0423. The number of hydrogen-bond acceptors (Lipinski definition) is 4. The van der Waals surface area contributed by atoms with Gasteiger partial charge in [0.2, 0.25) is 5.91 Å². The minimum absolute atomic E-state index is 0.0423. The predicted octanol–water partition coefficient (Wildman–Crippen LogP) is 2.93. The Morgan fingerprint density at radius 3 is 2.58 bits per heavy atom. The van der Waals surface area contributed by atoms with E-state index in [9.17, 15) is 4.79 Å². The summed E-state index contributed by atoms with van der Waals surface area (Å²) in [5.74, 6) is 1.03. The highest BCUT2D eigenvalue weighted by Crippen LogP contribution is 2.24. The first-order chi connectivity index (χ1) is 11.4. The average molecular weight is 330 g/mol.